The first-order valence-corrected chi connectivity index (χ1v) is 3.89. The van der Waals surface area contributed by atoms with E-state index in [1.54, 1.807) is 6.07 Å². The monoisotopic (exact) mass is 206 g/mol. The fraction of sp³-hybridized carbons (Fsp3) is 0.111. The maximum atomic E-state index is 10.7. The molecule has 6 nitrogen and oxygen atoms in total. The van der Waals surface area contributed by atoms with E-state index in [0.717, 1.165) is 12.1 Å². The first-order valence-electron chi connectivity index (χ1n) is 3.89. The van der Waals surface area contributed by atoms with E-state index in [1.807, 2.05) is 0 Å². The topological polar surface area (TPSA) is 104 Å². The molecule has 0 aliphatic heterocycles. The number of rotatable bonds is 2. The highest BCUT2D eigenvalue weighted by atomic mass is 16.6. The van der Waals surface area contributed by atoms with Gasteiger partial charge in [-0.2, -0.15) is 5.26 Å². The van der Waals surface area contributed by atoms with E-state index >= 15 is 0 Å². The average molecular weight is 206 g/mol. The molecule has 0 fully saturated rings. The van der Waals surface area contributed by atoms with Gasteiger partial charge in [-0.25, -0.2) is 4.79 Å². The fourth-order valence-corrected chi connectivity index (χ4v) is 1.18. The molecule has 1 rings (SSSR count). The number of carboxylic acid groups (broad SMARTS) is 1. The third-order valence-corrected chi connectivity index (χ3v) is 1.94. The van der Waals surface area contributed by atoms with Gasteiger partial charge >= 0.3 is 5.97 Å². The van der Waals surface area contributed by atoms with Gasteiger partial charge in [-0.05, 0) is 13.0 Å². The second-order valence-electron chi connectivity index (χ2n) is 2.84. The summed E-state index contributed by atoms with van der Waals surface area (Å²) in [6, 6.07) is 3.85. The molecule has 1 aromatic rings. The molecule has 0 bridgehead atoms. The normalized spacial score (nSPS) is 9.33. The second kappa shape index (κ2) is 3.75. The van der Waals surface area contributed by atoms with Gasteiger partial charge in [-0.3, -0.25) is 10.1 Å². The van der Waals surface area contributed by atoms with Crippen LogP contribution in [0, 0.1) is 28.4 Å². The molecule has 0 atom stereocenters. The average Bonchev–Trinajstić information content (AvgIpc) is 2.17. The number of hydrogen-bond donors (Lipinski definition) is 1. The van der Waals surface area contributed by atoms with E-state index in [2.05, 4.69) is 0 Å². The molecule has 0 spiro atoms. The van der Waals surface area contributed by atoms with Gasteiger partial charge in [0.1, 0.15) is 0 Å². The molecule has 76 valence electrons. The Morgan fingerprint density at radius 1 is 1.60 bits per heavy atom. The number of benzene rings is 1. The molecule has 0 heterocycles. The number of nitriles is 1. The molecule has 0 radical (unpaired) electrons. The molecule has 0 amide bonds. The first kappa shape index (κ1) is 10.7. The van der Waals surface area contributed by atoms with Crippen molar-refractivity contribution in [3.63, 3.8) is 0 Å². The Balaban J connectivity index is 3.56. The molecule has 15 heavy (non-hydrogen) atoms. The number of hydrogen-bond acceptors (Lipinski definition) is 4. The fourth-order valence-electron chi connectivity index (χ4n) is 1.18. The van der Waals surface area contributed by atoms with Crippen LogP contribution in [0.1, 0.15) is 21.5 Å². The van der Waals surface area contributed by atoms with Crippen molar-refractivity contribution in [2.75, 3.05) is 0 Å². The summed E-state index contributed by atoms with van der Waals surface area (Å²) >= 11 is 0. The first-order chi connectivity index (χ1) is 6.97. The van der Waals surface area contributed by atoms with Crippen molar-refractivity contribution in [1.29, 1.82) is 5.26 Å². The lowest BCUT2D eigenvalue weighted by atomic mass is 10.0. The van der Waals surface area contributed by atoms with Gasteiger partial charge in [-0.15, -0.1) is 0 Å². The van der Waals surface area contributed by atoms with Crippen LogP contribution in [0.15, 0.2) is 12.1 Å². The molecule has 0 aliphatic rings. The van der Waals surface area contributed by atoms with Gasteiger partial charge in [0.15, 0.2) is 0 Å². The van der Waals surface area contributed by atoms with E-state index in [-0.39, 0.29) is 22.4 Å². The number of nitrogens with zero attached hydrogens (tertiary/aromatic N) is 2. The Hall–Kier alpha value is -2.42. The van der Waals surface area contributed by atoms with Crippen LogP contribution in [0.5, 0.6) is 0 Å². The van der Waals surface area contributed by atoms with Crippen molar-refractivity contribution >= 4 is 11.7 Å². The molecular weight excluding hydrogens is 200 g/mol. The molecule has 0 unspecified atom stereocenters. The Kier molecular flexibility index (Phi) is 2.67. The largest absolute Gasteiger partial charge is 0.478 e. The standard InChI is InChI=1S/C9H6N2O4/c1-5-7(9(12)13)2-6(4-10)3-8(5)11(14)15/h2-3H,1H3,(H,12,13). The predicted molar refractivity (Wildman–Crippen MR) is 49.5 cm³/mol. The van der Waals surface area contributed by atoms with Gasteiger partial charge in [0.05, 0.1) is 22.1 Å². The summed E-state index contributed by atoms with van der Waals surface area (Å²) in [6.07, 6.45) is 0. The summed E-state index contributed by atoms with van der Waals surface area (Å²) in [5.41, 5.74) is -0.566. The van der Waals surface area contributed by atoms with E-state index in [4.69, 9.17) is 10.4 Å². The molecule has 0 aromatic heterocycles. The Labute approximate surface area is 84.5 Å². The zero-order chi connectivity index (χ0) is 11.6. The summed E-state index contributed by atoms with van der Waals surface area (Å²) in [4.78, 5) is 20.6. The van der Waals surface area contributed by atoms with E-state index in [1.165, 1.54) is 6.92 Å². The molecule has 6 heteroatoms. The van der Waals surface area contributed by atoms with Crippen molar-refractivity contribution in [2.45, 2.75) is 6.92 Å². The maximum Gasteiger partial charge on any atom is 0.336 e. The number of nitro groups is 1. The molecular formula is C9H6N2O4. The van der Waals surface area contributed by atoms with E-state index in [0.29, 0.717) is 0 Å². The van der Waals surface area contributed by atoms with Crippen molar-refractivity contribution < 1.29 is 14.8 Å². The second-order valence-corrected chi connectivity index (χ2v) is 2.84. The number of carboxylic acids is 1. The lowest BCUT2D eigenvalue weighted by Gasteiger charge is -2.02. The summed E-state index contributed by atoms with van der Waals surface area (Å²) in [5, 5.41) is 27.9. The van der Waals surface area contributed by atoms with Gasteiger partial charge in [0, 0.05) is 11.6 Å². The van der Waals surface area contributed by atoms with Gasteiger partial charge in [0.25, 0.3) is 5.69 Å². The third kappa shape index (κ3) is 1.91. The van der Waals surface area contributed by atoms with Crippen LogP contribution in [0.4, 0.5) is 5.69 Å². The lowest BCUT2D eigenvalue weighted by molar-refractivity contribution is -0.385. The zero-order valence-electron chi connectivity index (χ0n) is 7.72. The van der Waals surface area contributed by atoms with Crippen LogP contribution in [-0.4, -0.2) is 16.0 Å². The van der Waals surface area contributed by atoms with Gasteiger partial charge < -0.3 is 5.11 Å². The van der Waals surface area contributed by atoms with E-state index < -0.39 is 10.9 Å². The molecule has 0 saturated carbocycles. The predicted octanol–water partition coefficient (Wildman–Crippen LogP) is 1.47. The minimum absolute atomic E-state index is 0.0373. The zero-order valence-corrected chi connectivity index (χ0v) is 7.72. The van der Waals surface area contributed by atoms with Gasteiger partial charge in [-0.1, -0.05) is 0 Å². The summed E-state index contributed by atoms with van der Waals surface area (Å²) in [7, 11) is 0. The van der Waals surface area contributed by atoms with Crippen molar-refractivity contribution in [3.05, 3.63) is 38.9 Å². The van der Waals surface area contributed by atoms with Crippen LogP contribution in [0.25, 0.3) is 0 Å². The Bertz CT molecular complexity index is 452. The van der Waals surface area contributed by atoms with Crippen molar-refractivity contribution in [2.24, 2.45) is 0 Å². The molecule has 0 saturated heterocycles. The van der Waals surface area contributed by atoms with Crippen LogP contribution in [0.2, 0.25) is 0 Å². The highest BCUT2D eigenvalue weighted by Gasteiger charge is 2.19. The minimum atomic E-state index is -1.28. The molecule has 0 aliphatic carbocycles. The van der Waals surface area contributed by atoms with Crippen LogP contribution in [0.3, 0.4) is 0 Å². The third-order valence-electron chi connectivity index (χ3n) is 1.94. The highest BCUT2D eigenvalue weighted by molar-refractivity contribution is 5.91. The van der Waals surface area contributed by atoms with Crippen LogP contribution >= 0.6 is 0 Å². The van der Waals surface area contributed by atoms with Crippen LogP contribution < -0.4 is 0 Å². The SMILES string of the molecule is Cc1c(C(=O)O)cc(C#N)cc1[N+](=O)[O-]. The Morgan fingerprint density at radius 2 is 2.20 bits per heavy atom. The van der Waals surface area contributed by atoms with E-state index in [9.17, 15) is 14.9 Å². The molecule has 1 aromatic carbocycles. The smallest absolute Gasteiger partial charge is 0.336 e. The number of carbonyl (C=O) groups is 1. The summed E-state index contributed by atoms with van der Waals surface area (Å²) < 4.78 is 0. The Morgan fingerprint density at radius 3 is 2.60 bits per heavy atom. The summed E-state index contributed by atoms with van der Waals surface area (Å²) in [5.74, 6) is -1.28. The van der Waals surface area contributed by atoms with Gasteiger partial charge in [0.2, 0.25) is 0 Å². The number of aromatic carboxylic acids is 1. The lowest BCUT2D eigenvalue weighted by Crippen LogP contribution is -2.04. The quantitative estimate of drug-likeness (QED) is 0.582. The minimum Gasteiger partial charge on any atom is -0.478 e. The van der Waals surface area contributed by atoms with Crippen molar-refractivity contribution in [1.82, 2.24) is 0 Å². The molecule has 1 N–H and O–H groups in total. The van der Waals surface area contributed by atoms with Crippen LogP contribution in [-0.2, 0) is 0 Å². The maximum absolute atomic E-state index is 10.7. The number of nitro benzene ring substituents is 1. The summed E-state index contributed by atoms with van der Waals surface area (Å²) in [6.45, 7) is 1.34. The van der Waals surface area contributed by atoms with Crippen molar-refractivity contribution in [3.8, 4) is 6.07 Å². The highest BCUT2D eigenvalue weighted by Crippen LogP contribution is 2.23.